The number of carbonyl (C=O) groups excluding carboxylic acids is 1. The molecule has 0 amide bonds. The zero-order valence-electron chi connectivity index (χ0n) is 9.14. The third-order valence-corrected chi connectivity index (χ3v) is 3.29. The summed E-state index contributed by atoms with van der Waals surface area (Å²) in [6.07, 6.45) is 0.538. The quantitative estimate of drug-likeness (QED) is 0.827. The maximum Gasteiger partial charge on any atom is 0.307 e. The van der Waals surface area contributed by atoms with Crippen molar-refractivity contribution in [3.05, 3.63) is 35.4 Å². The Balaban J connectivity index is 2.36. The summed E-state index contributed by atoms with van der Waals surface area (Å²) in [5, 5.41) is 9.10. The van der Waals surface area contributed by atoms with Gasteiger partial charge in [0.15, 0.2) is 0 Å². The molecule has 0 radical (unpaired) electrons. The van der Waals surface area contributed by atoms with Crippen LogP contribution in [0.4, 0.5) is 0 Å². The first-order chi connectivity index (χ1) is 7.59. The van der Waals surface area contributed by atoms with Crippen LogP contribution in [-0.2, 0) is 9.59 Å². The van der Waals surface area contributed by atoms with Crippen LogP contribution in [0.2, 0.25) is 0 Å². The van der Waals surface area contributed by atoms with Gasteiger partial charge in [-0.3, -0.25) is 9.59 Å². The van der Waals surface area contributed by atoms with Crippen LogP contribution in [-0.4, -0.2) is 16.9 Å². The lowest BCUT2D eigenvalue weighted by atomic mass is 9.86. The molecule has 3 heteroatoms. The summed E-state index contributed by atoms with van der Waals surface area (Å²) in [5.74, 6) is -1.50. The molecule has 1 fully saturated rings. The summed E-state index contributed by atoms with van der Waals surface area (Å²) in [7, 11) is 0. The molecular formula is C13H14O3. The Hall–Kier alpha value is -1.64. The molecule has 1 aliphatic carbocycles. The summed E-state index contributed by atoms with van der Waals surface area (Å²) in [6.45, 7) is 1.96. The molecule has 0 aliphatic heterocycles. The molecule has 2 atom stereocenters. The van der Waals surface area contributed by atoms with Crippen LogP contribution < -0.4 is 0 Å². The molecule has 0 heterocycles. The van der Waals surface area contributed by atoms with Crippen LogP contribution in [0.3, 0.4) is 0 Å². The third-order valence-electron chi connectivity index (χ3n) is 3.29. The lowest BCUT2D eigenvalue weighted by Crippen LogP contribution is -2.17. The van der Waals surface area contributed by atoms with E-state index in [1.54, 1.807) is 0 Å². The predicted octanol–water partition coefficient (Wildman–Crippen LogP) is 2.14. The van der Waals surface area contributed by atoms with Crippen LogP contribution in [0.5, 0.6) is 0 Å². The van der Waals surface area contributed by atoms with E-state index in [4.69, 9.17) is 5.11 Å². The fourth-order valence-corrected chi connectivity index (χ4v) is 2.45. The van der Waals surface area contributed by atoms with Gasteiger partial charge in [-0.25, -0.2) is 0 Å². The molecule has 2 rings (SSSR count). The van der Waals surface area contributed by atoms with E-state index in [-0.39, 0.29) is 18.1 Å². The van der Waals surface area contributed by atoms with Gasteiger partial charge in [0.25, 0.3) is 0 Å². The minimum atomic E-state index is -0.862. The zero-order chi connectivity index (χ0) is 11.7. The first-order valence-electron chi connectivity index (χ1n) is 5.39. The minimum absolute atomic E-state index is 0.0562. The molecule has 0 unspecified atom stereocenters. The van der Waals surface area contributed by atoms with E-state index in [0.29, 0.717) is 6.42 Å². The molecule has 0 spiro atoms. The average molecular weight is 218 g/mol. The number of rotatable bonds is 2. The van der Waals surface area contributed by atoms with E-state index in [1.165, 1.54) is 0 Å². The summed E-state index contributed by atoms with van der Waals surface area (Å²) in [5.41, 5.74) is 2.06. The molecule has 84 valence electrons. The van der Waals surface area contributed by atoms with Crippen molar-refractivity contribution in [3.8, 4) is 0 Å². The van der Waals surface area contributed by atoms with E-state index in [2.05, 4.69) is 0 Å². The molecule has 0 bridgehead atoms. The summed E-state index contributed by atoms with van der Waals surface area (Å²) in [4.78, 5) is 22.5. The van der Waals surface area contributed by atoms with E-state index in [1.807, 2.05) is 31.2 Å². The maximum atomic E-state index is 11.4. The number of ketones is 1. The Morgan fingerprint density at radius 1 is 1.31 bits per heavy atom. The van der Waals surface area contributed by atoms with Gasteiger partial charge in [-0.2, -0.15) is 0 Å². The highest BCUT2D eigenvalue weighted by Gasteiger charge is 2.39. The molecule has 0 aromatic heterocycles. The largest absolute Gasteiger partial charge is 0.481 e. The lowest BCUT2D eigenvalue weighted by Gasteiger charge is -2.17. The van der Waals surface area contributed by atoms with Gasteiger partial charge < -0.3 is 5.11 Å². The van der Waals surface area contributed by atoms with Crippen molar-refractivity contribution in [1.82, 2.24) is 0 Å². The Labute approximate surface area is 94.1 Å². The van der Waals surface area contributed by atoms with Gasteiger partial charge in [-0.1, -0.05) is 24.3 Å². The van der Waals surface area contributed by atoms with E-state index < -0.39 is 11.9 Å². The Kier molecular flexibility index (Phi) is 2.77. The fourth-order valence-electron chi connectivity index (χ4n) is 2.45. The minimum Gasteiger partial charge on any atom is -0.481 e. The van der Waals surface area contributed by atoms with Gasteiger partial charge in [-0.05, 0) is 18.1 Å². The summed E-state index contributed by atoms with van der Waals surface area (Å²) >= 11 is 0. The van der Waals surface area contributed by atoms with Crippen molar-refractivity contribution in [2.75, 3.05) is 0 Å². The molecule has 1 aromatic carbocycles. The molecule has 3 nitrogen and oxygen atoms in total. The summed E-state index contributed by atoms with van der Waals surface area (Å²) < 4.78 is 0. The highest BCUT2D eigenvalue weighted by molar-refractivity contribution is 5.89. The molecular weight excluding hydrogens is 204 g/mol. The molecule has 1 N–H and O–H groups in total. The standard InChI is InChI=1S/C13H14O3/c1-8-4-2-3-5-10(8)11-6-9(14)7-12(11)13(15)16/h2-5,11-12H,6-7H2,1H3,(H,15,16)/t11-,12+/m0/s1. The van der Waals surface area contributed by atoms with Crippen LogP contribution >= 0.6 is 0 Å². The first-order valence-corrected chi connectivity index (χ1v) is 5.39. The van der Waals surface area contributed by atoms with E-state index in [0.717, 1.165) is 11.1 Å². The van der Waals surface area contributed by atoms with Crippen molar-refractivity contribution in [2.24, 2.45) is 5.92 Å². The zero-order valence-corrected chi connectivity index (χ0v) is 9.14. The number of carboxylic acids is 1. The van der Waals surface area contributed by atoms with Gasteiger partial charge in [-0.15, -0.1) is 0 Å². The van der Waals surface area contributed by atoms with Crippen molar-refractivity contribution < 1.29 is 14.7 Å². The monoisotopic (exact) mass is 218 g/mol. The molecule has 1 aliphatic rings. The van der Waals surface area contributed by atoms with Gasteiger partial charge in [0.05, 0.1) is 5.92 Å². The van der Waals surface area contributed by atoms with Gasteiger partial charge in [0, 0.05) is 18.8 Å². The smallest absolute Gasteiger partial charge is 0.307 e. The normalized spacial score (nSPS) is 24.7. The second kappa shape index (κ2) is 4.08. The van der Waals surface area contributed by atoms with Gasteiger partial charge >= 0.3 is 5.97 Å². The number of benzene rings is 1. The van der Waals surface area contributed by atoms with E-state index >= 15 is 0 Å². The number of hydrogen-bond donors (Lipinski definition) is 1. The number of carboxylic acid groups (broad SMARTS) is 1. The molecule has 16 heavy (non-hydrogen) atoms. The third kappa shape index (κ3) is 1.85. The van der Waals surface area contributed by atoms with Gasteiger partial charge in [0.2, 0.25) is 0 Å². The topological polar surface area (TPSA) is 54.4 Å². The Morgan fingerprint density at radius 2 is 2.00 bits per heavy atom. The van der Waals surface area contributed by atoms with Crippen molar-refractivity contribution >= 4 is 11.8 Å². The van der Waals surface area contributed by atoms with Crippen LogP contribution in [0.1, 0.15) is 29.9 Å². The predicted molar refractivity (Wildman–Crippen MR) is 59.3 cm³/mol. The van der Waals surface area contributed by atoms with Crippen LogP contribution in [0.15, 0.2) is 24.3 Å². The average Bonchev–Trinajstić information content (AvgIpc) is 2.61. The fraction of sp³-hybridized carbons (Fsp3) is 0.385. The van der Waals surface area contributed by atoms with E-state index in [9.17, 15) is 9.59 Å². The second-order valence-electron chi connectivity index (χ2n) is 4.35. The number of aliphatic carboxylic acids is 1. The van der Waals surface area contributed by atoms with Crippen LogP contribution in [0, 0.1) is 12.8 Å². The molecule has 1 aromatic rings. The highest BCUT2D eigenvalue weighted by atomic mass is 16.4. The summed E-state index contributed by atoms with van der Waals surface area (Å²) in [6, 6.07) is 7.70. The number of aryl methyl sites for hydroxylation is 1. The van der Waals surface area contributed by atoms with Gasteiger partial charge in [0.1, 0.15) is 5.78 Å². The Morgan fingerprint density at radius 3 is 2.62 bits per heavy atom. The Bertz CT molecular complexity index is 437. The number of hydrogen-bond acceptors (Lipinski definition) is 2. The van der Waals surface area contributed by atoms with Crippen LogP contribution in [0.25, 0.3) is 0 Å². The maximum absolute atomic E-state index is 11.4. The molecule has 1 saturated carbocycles. The lowest BCUT2D eigenvalue weighted by molar-refractivity contribution is -0.142. The highest BCUT2D eigenvalue weighted by Crippen LogP contribution is 2.38. The SMILES string of the molecule is Cc1ccccc1[C@@H]1CC(=O)C[C@H]1C(=O)O. The molecule has 0 saturated heterocycles. The second-order valence-corrected chi connectivity index (χ2v) is 4.35. The number of carbonyl (C=O) groups is 2. The van der Waals surface area contributed by atoms with Crippen molar-refractivity contribution in [3.63, 3.8) is 0 Å². The van der Waals surface area contributed by atoms with Crippen molar-refractivity contribution in [2.45, 2.75) is 25.7 Å². The van der Waals surface area contributed by atoms with Crippen molar-refractivity contribution in [1.29, 1.82) is 0 Å². The number of Topliss-reactive ketones (excluding diaryl/α,β-unsaturated/α-hetero) is 1. The first kappa shape index (κ1) is 10.9.